The second kappa shape index (κ2) is 7.98. The molecule has 0 saturated carbocycles. The third-order valence-corrected chi connectivity index (χ3v) is 6.41. The van der Waals surface area contributed by atoms with Crippen LogP contribution in [-0.4, -0.2) is 12.5 Å². The van der Waals surface area contributed by atoms with E-state index in [9.17, 15) is 4.79 Å². The zero-order valence-electron chi connectivity index (χ0n) is 17.5. The lowest BCUT2D eigenvalue weighted by Crippen LogP contribution is -2.36. The first-order valence-electron chi connectivity index (χ1n) is 11.0. The van der Waals surface area contributed by atoms with Crippen LogP contribution >= 0.6 is 0 Å². The summed E-state index contributed by atoms with van der Waals surface area (Å²) in [6.07, 6.45) is 4.68. The maximum Gasteiger partial charge on any atom is 0.231 e. The average molecular weight is 397 g/mol. The minimum Gasteiger partial charge on any atom is -0.378 e. The lowest BCUT2D eigenvalue weighted by Gasteiger charge is -2.30. The summed E-state index contributed by atoms with van der Waals surface area (Å²) in [7, 11) is 0. The predicted octanol–water partition coefficient (Wildman–Crippen LogP) is 5.62. The van der Waals surface area contributed by atoms with Crippen LogP contribution in [-0.2, 0) is 24.1 Å². The highest BCUT2D eigenvalue weighted by Gasteiger charge is 2.23. The fraction of sp³-hybridized carbons (Fsp3) is 0.296. The summed E-state index contributed by atoms with van der Waals surface area (Å²) in [6, 6.07) is 23.9. The third-order valence-electron chi connectivity index (χ3n) is 6.41. The molecule has 152 valence electrons. The van der Waals surface area contributed by atoms with Crippen LogP contribution in [0.25, 0.3) is 0 Å². The van der Waals surface area contributed by atoms with Crippen LogP contribution in [0.3, 0.4) is 0 Å². The molecule has 3 heteroatoms. The molecule has 2 heterocycles. The van der Waals surface area contributed by atoms with Gasteiger partial charge in [-0.15, -0.1) is 0 Å². The van der Waals surface area contributed by atoms with Crippen LogP contribution in [0.5, 0.6) is 0 Å². The van der Waals surface area contributed by atoms with Gasteiger partial charge in [-0.3, -0.25) is 4.79 Å². The van der Waals surface area contributed by atoms with E-state index in [1.165, 1.54) is 27.9 Å². The molecule has 0 bridgehead atoms. The van der Waals surface area contributed by atoms with Gasteiger partial charge in [-0.05, 0) is 67.0 Å². The van der Waals surface area contributed by atoms with Crippen molar-refractivity contribution in [3.05, 3.63) is 94.5 Å². The van der Waals surface area contributed by atoms with Crippen molar-refractivity contribution in [2.75, 3.05) is 16.8 Å². The number of para-hydroxylation sites is 1. The van der Waals surface area contributed by atoms with Crippen molar-refractivity contribution in [1.29, 1.82) is 0 Å². The van der Waals surface area contributed by atoms with Crippen molar-refractivity contribution in [1.82, 2.24) is 0 Å². The summed E-state index contributed by atoms with van der Waals surface area (Å²) in [5, 5.41) is 3.70. The van der Waals surface area contributed by atoms with Gasteiger partial charge in [-0.2, -0.15) is 0 Å². The molecular weight excluding hydrogens is 368 g/mol. The number of nitrogens with one attached hydrogen (secondary N) is 1. The summed E-state index contributed by atoms with van der Waals surface area (Å²) < 4.78 is 0. The monoisotopic (exact) mass is 396 g/mol. The highest BCUT2D eigenvalue weighted by atomic mass is 16.2. The van der Waals surface area contributed by atoms with E-state index >= 15 is 0 Å². The van der Waals surface area contributed by atoms with Gasteiger partial charge in [0.2, 0.25) is 5.91 Å². The quantitative estimate of drug-likeness (QED) is 0.623. The molecule has 3 aromatic carbocycles. The Morgan fingerprint density at radius 3 is 2.80 bits per heavy atom. The lowest BCUT2D eigenvalue weighted by atomic mass is 9.91. The molecule has 30 heavy (non-hydrogen) atoms. The maximum atomic E-state index is 13.1. The topological polar surface area (TPSA) is 32.3 Å². The summed E-state index contributed by atoms with van der Waals surface area (Å²) in [6.45, 7) is 2.96. The molecule has 1 amide bonds. The number of benzene rings is 3. The second-order valence-electron chi connectivity index (χ2n) is 8.60. The van der Waals surface area contributed by atoms with Gasteiger partial charge in [0.15, 0.2) is 0 Å². The Morgan fingerprint density at radius 1 is 1.00 bits per heavy atom. The van der Waals surface area contributed by atoms with Crippen molar-refractivity contribution in [3.63, 3.8) is 0 Å². The molecular formula is C27H28N2O. The van der Waals surface area contributed by atoms with Gasteiger partial charge in [-0.25, -0.2) is 0 Å². The van der Waals surface area contributed by atoms with E-state index < -0.39 is 0 Å². The first kappa shape index (κ1) is 18.9. The van der Waals surface area contributed by atoms with Crippen LogP contribution in [0, 0.1) is 6.92 Å². The van der Waals surface area contributed by atoms with E-state index in [0.29, 0.717) is 12.5 Å². The molecule has 0 spiro atoms. The molecule has 0 aromatic heterocycles. The van der Waals surface area contributed by atoms with Gasteiger partial charge in [0.25, 0.3) is 0 Å². The Kier molecular flexibility index (Phi) is 5.04. The van der Waals surface area contributed by atoms with E-state index in [2.05, 4.69) is 72.9 Å². The SMILES string of the molecule is Cc1cccc([C@@H]2CCc3cc(CC(=O)N4CCCc5ccccc54)ccc3N2)c1. The summed E-state index contributed by atoms with van der Waals surface area (Å²) in [5.41, 5.74) is 8.66. The normalized spacial score (nSPS) is 17.6. The number of carbonyl (C=O) groups excluding carboxylic acids is 1. The Hall–Kier alpha value is -3.07. The van der Waals surface area contributed by atoms with E-state index in [1.54, 1.807) is 0 Å². The smallest absolute Gasteiger partial charge is 0.231 e. The van der Waals surface area contributed by atoms with E-state index in [0.717, 1.165) is 43.5 Å². The largest absolute Gasteiger partial charge is 0.378 e. The van der Waals surface area contributed by atoms with Gasteiger partial charge >= 0.3 is 0 Å². The van der Waals surface area contributed by atoms with Gasteiger partial charge in [-0.1, -0.05) is 60.2 Å². The Balaban J connectivity index is 1.31. The van der Waals surface area contributed by atoms with Gasteiger partial charge in [0, 0.05) is 17.9 Å². The fourth-order valence-electron chi connectivity index (χ4n) is 4.86. The van der Waals surface area contributed by atoms with Crippen LogP contribution in [0.2, 0.25) is 0 Å². The number of aryl methyl sites for hydroxylation is 3. The molecule has 1 atom stereocenters. The van der Waals surface area contributed by atoms with Gasteiger partial charge in [0.1, 0.15) is 0 Å². The predicted molar refractivity (Wildman–Crippen MR) is 123 cm³/mol. The average Bonchev–Trinajstić information content (AvgIpc) is 2.78. The van der Waals surface area contributed by atoms with Crippen molar-refractivity contribution in [2.45, 2.75) is 45.1 Å². The van der Waals surface area contributed by atoms with E-state index in [-0.39, 0.29) is 5.91 Å². The molecule has 3 aromatic rings. The van der Waals surface area contributed by atoms with Gasteiger partial charge in [0.05, 0.1) is 12.5 Å². The molecule has 1 N–H and O–H groups in total. The van der Waals surface area contributed by atoms with Crippen molar-refractivity contribution >= 4 is 17.3 Å². The molecule has 0 saturated heterocycles. The molecule has 2 aliphatic heterocycles. The number of hydrogen-bond acceptors (Lipinski definition) is 2. The molecule has 3 nitrogen and oxygen atoms in total. The van der Waals surface area contributed by atoms with Gasteiger partial charge < -0.3 is 10.2 Å². The van der Waals surface area contributed by atoms with E-state index in [4.69, 9.17) is 0 Å². The maximum absolute atomic E-state index is 13.1. The number of hydrogen-bond donors (Lipinski definition) is 1. The fourth-order valence-corrected chi connectivity index (χ4v) is 4.86. The standard InChI is InChI=1S/C27H28N2O/c1-19-6-4-8-22(16-19)25-14-12-23-17-20(11-13-24(23)28-25)18-27(30)29-15-5-9-21-7-2-3-10-26(21)29/h2-4,6-8,10-11,13,16-17,25,28H,5,9,12,14-15,18H2,1H3/t25-/m0/s1. The summed E-state index contributed by atoms with van der Waals surface area (Å²) in [5.74, 6) is 0.198. The molecule has 5 rings (SSSR count). The second-order valence-corrected chi connectivity index (χ2v) is 8.60. The number of rotatable bonds is 3. The molecule has 0 unspecified atom stereocenters. The Morgan fingerprint density at radius 2 is 1.90 bits per heavy atom. The molecule has 0 aliphatic carbocycles. The highest BCUT2D eigenvalue weighted by Crippen LogP contribution is 2.34. The van der Waals surface area contributed by atoms with Crippen molar-refractivity contribution in [2.24, 2.45) is 0 Å². The molecule has 0 radical (unpaired) electrons. The summed E-state index contributed by atoms with van der Waals surface area (Å²) >= 11 is 0. The minimum atomic E-state index is 0.198. The van der Waals surface area contributed by atoms with Crippen LogP contribution < -0.4 is 10.2 Å². The first-order valence-corrected chi connectivity index (χ1v) is 11.0. The van der Waals surface area contributed by atoms with E-state index in [1.807, 2.05) is 11.0 Å². The van der Waals surface area contributed by atoms with Crippen molar-refractivity contribution in [3.8, 4) is 0 Å². The summed E-state index contributed by atoms with van der Waals surface area (Å²) in [4.78, 5) is 15.1. The molecule has 2 aliphatic rings. The zero-order chi connectivity index (χ0) is 20.5. The number of anilines is 2. The van der Waals surface area contributed by atoms with Crippen LogP contribution in [0.15, 0.2) is 66.7 Å². The van der Waals surface area contributed by atoms with Crippen LogP contribution in [0.1, 0.15) is 46.7 Å². The lowest BCUT2D eigenvalue weighted by molar-refractivity contribution is -0.118. The number of carbonyl (C=O) groups is 1. The Bertz CT molecular complexity index is 1090. The third kappa shape index (κ3) is 3.72. The van der Waals surface area contributed by atoms with Crippen molar-refractivity contribution < 1.29 is 4.79 Å². The minimum absolute atomic E-state index is 0.198. The Labute approximate surface area is 178 Å². The van der Waals surface area contributed by atoms with Crippen LogP contribution in [0.4, 0.5) is 11.4 Å². The highest BCUT2D eigenvalue weighted by molar-refractivity contribution is 5.96. The first-order chi connectivity index (χ1) is 14.7. The zero-order valence-corrected chi connectivity index (χ0v) is 17.5. The molecule has 0 fully saturated rings. The number of nitrogens with zero attached hydrogens (tertiary/aromatic N) is 1. The number of fused-ring (bicyclic) bond motifs is 2. The number of amides is 1.